The second-order valence-electron chi connectivity index (χ2n) is 10.1. The van der Waals surface area contributed by atoms with Gasteiger partial charge in [0, 0.05) is 56.9 Å². The van der Waals surface area contributed by atoms with Crippen LogP contribution in [0.25, 0.3) is 0 Å². The summed E-state index contributed by atoms with van der Waals surface area (Å²) in [6, 6.07) is -1.19. The molecular formula is C22H33N9O5S. The second-order valence-corrected chi connectivity index (χ2v) is 11.4. The lowest BCUT2D eigenvalue weighted by atomic mass is 9.78. The van der Waals surface area contributed by atoms with E-state index in [0.717, 1.165) is 0 Å². The van der Waals surface area contributed by atoms with Gasteiger partial charge in [-0.2, -0.15) is 0 Å². The molecule has 0 radical (unpaired) electrons. The molecule has 3 amide bonds. The van der Waals surface area contributed by atoms with E-state index in [4.69, 9.17) is 0 Å². The van der Waals surface area contributed by atoms with Gasteiger partial charge in [-0.3, -0.25) is 14.4 Å². The summed E-state index contributed by atoms with van der Waals surface area (Å²) in [6.07, 6.45) is 0.575. The van der Waals surface area contributed by atoms with Gasteiger partial charge in [-0.1, -0.05) is 12.0 Å². The number of aliphatic carboxylic acids is 1. The monoisotopic (exact) mass is 535 g/mol. The summed E-state index contributed by atoms with van der Waals surface area (Å²) in [7, 11) is 6.93. The van der Waals surface area contributed by atoms with Gasteiger partial charge in [0.05, 0.1) is 18.0 Å². The zero-order valence-corrected chi connectivity index (χ0v) is 22.5. The molecule has 37 heavy (non-hydrogen) atoms. The van der Waals surface area contributed by atoms with Crippen molar-refractivity contribution in [1.29, 1.82) is 0 Å². The van der Waals surface area contributed by atoms with Crippen molar-refractivity contribution in [3.63, 3.8) is 0 Å². The minimum absolute atomic E-state index is 0.00672. The number of carbonyl (C=O) groups excluding carboxylic acids is 3. The molecule has 15 heteroatoms. The van der Waals surface area contributed by atoms with Crippen molar-refractivity contribution in [2.24, 2.45) is 11.8 Å². The van der Waals surface area contributed by atoms with Gasteiger partial charge in [-0.25, -0.2) is 9.48 Å². The predicted octanol–water partition coefficient (Wildman–Crippen LogP) is -1.43. The van der Waals surface area contributed by atoms with Crippen molar-refractivity contribution in [3.8, 4) is 0 Å². The van der Waals surface area contributed by atoms with Crippen molar-refractivity contribution >= 4 is 41.4 Å². The molecule has 3 aliphatic rings. The molecule has 4 rings (SSSR count). The Balaban J connectivity index is 1.43. The van der Waals surface area contributed by atoms with Gasteiger partial charge >= 0.3 is 5.97 Å². The van der Waals surface area contributed by atoms with Gasteiger partial charge in [0.2, 0.25) is 23.7 Å². The number of carboxylic acid groups (broad SMARTS) is 1. The van der Waals surface area contributed by atoms with Crippen LogP contribution in [0.5, 0.6) is 0 Å². The number of rotatable bonds is 9. The molecule has 3 aliphatic heterocycles. The highest BCUT2D eigenvalue weighted by Gasteiger charge is 2.60. The molecule has 1 aromatic rings. The number of β-lactam (4-membered cyclic amide) rings is 1. The van der Waals surface area contributed by atoms with Crippen molar-refractivity contribution in [1.82, 2.24) is 40.6 Å². The number of thioether (sulfide) groups is 1. The average Bonchev–Trinajstić information content (AvgIpc) is 3.52. The topological polar surface area (TPSA) is 166 Å². The van der Waals surface area contributed by atoms with E-state index in [1.54, 1.807) is 40.0 Å². The molecule has 3 N–H and O–H groups in total. The maximum Gasteiger partial charge on any atom is 0.353 e. The zero-order chi connectivity index (χ0) is 27.2. The van der Waals surface area contributed by atoms with Gasteiger partial charge in [0.15, 0.2) is 0 Å². The highest BCUT2D eigenvalue weighted by molar-refractivity contribution is 8.03. The molecule has 4 heterocycles. The van der Waals surface area contributed by atoms with Crippen LogP contribution in [0.3, 0.4) is 0 Å². The summed E-state index contributed by atoms with van der Waals surface area (Å²) in [6.45, 7) is 4.12. The minimum atomic E-state index is -1.15. The first-order chi connectivity index (χ1) is 17.4. The van der Waals surface area contributed by atoms with Gasteiger partial charge in [0.1, 0.15) is 12.2 Å². The molecule has 0 saturated carbocycles. The van der Waals surface area contributed by atoms with Gasteiger partial charge in [-0.05, 0) is 23.8 Å². The quantitative estimate of drug-likeness (QED) is 0.317. The van der Waals surface area contributed by atoms with Crippen molar-refractivity contribution in [3.05, 3.63) is 10.6 Å². The summed E-state index contributed by atoms with van der Waals surface area (Å²) >= 11 is 1.43. The zero-order valence-electron chi connectivity index (χ0n) is 21.7. The Morgan fingerprint density at radius 1 is 1.27 bits per heavy atom. The van der Waals surface area contributed by atoms with Crippen LogP contribution in [-0.4, -0.2) is 117 Å². The number of likely N-dealkylation sites (N-methyl/N-ethyl adjacent to an activating group) is 1. The van der Waals surface area contributed by atoms with Crippen LogP contribution in [0.1, 0.15) is 20.3 Å². The van der Waals surface area contributed by atoms with Crippen molar-refractivity contribution in [2.75, 3.05) is 39.6 Å². The number of tetrazole rings is 1. The number of nitrogens with one attached hydrogen (secondary N) is 2. The Bertz CT molecular complexity index is 1140. The van der Waals surface area contributed by atoms with E-state index < -0.39 is 17.9 Å². The first-order valence-corrected chi connectivity index (χ1v) is 12.9. The number of amides is 3. The SMILES string of the molecule is CC(NC(=O)Cn1nnnc1N(C)C)[C@H]1C(=O)N2C(C(=O)O)=C(S[C@@H]3CN[C@H](C(=O)N(C)C)C3)[C@H](C)[C@H]12. The van der Waals surface area contributed by atoms with E-state index in [1.807, 2.05) is 6.92 Å². The van der Waals surface area contributed by atoms with Crippen LogP contribution in [0.15, 0.2) is 10.6 Å². The summed E-state index contributed by atoms with van der Waals surface area (Å²) in [5.41, 5.74) is 0.00831. The number of aromatic nitrogens is 4. The standard InChI is InChI=1S/C22H33N9O5S/c1-10-16-15(11(2)24-14(32)9-30-22(29(5)6)25-26-27-30)20(34)31(16)17(21(35)36)18(10)37-12-7-13(23-8-12)19(33)28(3)4/h10-13,15-16,23H,7-9H2,1-6H3,(H,24,32)(H,35,36)/t10-,11?,12+,13+,15-,16-/m1/s1. The molecule has 1 aromatic heterocycles. The van der Waals surface area contributed by atoms with Crippen LogP contribution < -0.4 is 15.5 Å². The smallest absolute Gasteiger partial charge is 0.353 e. The Labute approximate surface area is 218 Å². The number of carbonyl (C=O) groups is 4. The van der Waals surface area contributed by atoms with Crippen LogP contribution in [0.2, 0.25) is 0 Å². The van der Waals surface area contributed by atoms with E-state index >= 15 is 0 Å². The molecule has 14 nitrogen and oxygen atoms in total. The summed E-state index contributed by atoms with van der Waals surface area (Å²) < 4.78 is 1.36. The predicted molar refractivity (Wildman–Crippen MR) is 134 cm³/mol. The lowest BCUT2D eigenvalue weighted by Crippen LogP contribution is -2.66. The Morgan fingerprint density at radius 2 is 1.97 bits per heavy atom. The molecule has 1 unspecified atom stereocenters. The largest absolute Gasteiger partial charge is 0.477 e. The summed E-state index contributed by atoms with van der Waals surface area (Å²) in [4.78, 5) is 55.6. The fourth-order valence-corrected chi connectivity index (χ4v) is 6.80. The van der Waals surface area contributed by atoms with Gasteiger partial charge in [0.25, 0.3) is 0 Å². The number of carboxylic acids is 1. The summed E-state index contributed by atoms with van der Waals surface area (Å²) in [5.74, 6) is -2.19. The first kappa shape index (κ1) is 26.9. The Morgan fingerprint density at radius 3 is 2.59 bits per heavy atom. The van der Waals surface area contributed by atoms with Crippen molar-refractivity contribution < 1.29 is 24.3 Å². The maximum absolute atomic E-state index is 13.1. The fourth-order valence-electron chi connectivity index (χ4n) is 5.32. The lowest BCUT2D eigenvalue weighted by molar-refractivity contribution is -0.158. The van der Waals surface area contributed by atoms with E-state index in [0.29, 0.717) is 23.8 Å². The molecule has 0 bridgehead atoms. The molecule has 6 atom stereocenters. The Hall–Kier alpha value is -3.20. The van der Waals surface area contributed by atoms with E-state index in [1.165, 1.54) is 26.2 Å². The second kappa shape index (κ2) is 10.3. The molecule has 0 aliphatic carbocycles. The van der Waals surface area contributed by atoms with Gasteiger partial charge in [-0.15, -0.1) is 11.8 Å². The fraction of sp³-hybridized carbons (Fsp3) is 0.682. The third-order valence-electron chi connectivity index (χ3n) is 7.05. The van der Waals surface area contributed by atoms with E-state index in [-0.39, 0.29) is 53.2 Å². The lowest BCUT2D eigenvalue weighted by Gasteiger charge is -2.47. The summed E-state index contributed by atoms with van der Waals surface area (Å²) in [5, 5.41) is 27.4. The maximum atomic E-state index is 13.1. The molecule has 2 fully saturated rings. The van der Waals surface area contributed by atoms with Crippen molar-refractivity contribution in [2.45, 2.75) is 50.2 Å². The number of anilines is 1. The molecule has 2 saturated heterocycles. The van der Waals surface area contributed by atoms with Crippen LogP contribution >= 0.6 is 11.8 Å². The average molecular weight is 536 g/mol. The molecule has 0 spiro atoms. The molecule has 0 aromatic carbocycles. The number of hydrogen-bond donors (Lipinski definition) is 3. The van der Waals surface area contributed by atoms with E-state index in [2.05, 4.69) is 26.2 Å². The molecular weight excluding hydrogens is 502 g/mol. The highest BCUT2D eigenvalue weighted by Crippen LogP contribution is 2.51. The third-order valence-corrected chi connectivity index (χ3v) is 8.56. The highest BCUT2D eigenvalue weighted by atomic mass is 32.2. The number of fused-ring (bicyclic) bond motifs is 1. The van der Waals surface area contributed by atoms with Crippen LogP contribution in [-0.2, 0) is 25.7 Å². The Kier molecular flexibility index (Phi) is 7.46. The first-order valence-electron chi connectivity index (χ1n) is 12.1. The number of hydrogen-bond acceptors (Lipinski definition) is 10. The van der Waals surface area contributed by atoms with Gasteiger partial charge < -0.3 is 30.4 Å². The normalized spacial score (nSPS) is 27.6. The molecule has 202 valence electrons. The van der Waals surface area contributed by atoms with Crippen LogP contribution in [0.4, 0.5) is 5.95 Å². The van der Waals surface area contributed by atoms with E-state index in [9.17, 15) is 24.3 Å². The third kappa shape index (κ3) is 4.89. The van der Waals surface area contributed by atoms with Crippen LogP contribution in [0, 0.1) is 11.8 Å². The minimum Gasteiger partial charge on any atom is -0.477 e. The number of nitrogens with zero attached hydrogens (tertiary/aromatic N) is 7.